The number of thiophene rings is 1. The summed E-state index contributed by atoms with van der Waals surface area (Å²) in [5.74, 6) is -0.146. The Morgan fingerprint density at radius 3 is 2.87 bits per heavy atom. The van der Waals surface area contributed by atoms with Gasteiger partial charge in [-0.25, -0.2) is 0 Å². The molecule has 1 aromatic heterocycles. The molecule has 0 saturated carbocycles. The zero-order valence-corrected chi connectivity index (χ0v) is 10.3. The predicted molar refractivity (Wildman–Crippen MR) is 64.3 cm³/mol. The van der Waals surface area contributed by atoms with Crippen LogP contribution in [-0.2, 0) is 4.74 Å². The van der Waals surface area contributed by atoms with Crippen molar-refractivity contribution in [3.63, 3.8) is 0 Å². The van der Waals surface area contributed by atoms with Crippen LogP contribution in [0.1, 0.15) is 16.8 Å². The van der Waals surface area contributed by atoms with E-state index >= 15 is 0 Å². The number of ether oxygens (including phenoxy) is 1. The SMILES string of the molecule is C=CCCOCC(=O)c1cc(Cl)sc1Cl. The van der Waals surface area contributed by atoms with Gasteiger partial charge < -0.3 is 4.74 Å². The second-order valence-corrected chi connectivity index (χ2v) is 5.08. The highest BCUT2D eigenvalue weighted by Gasteiger charge is 2.13. The van der Waals surface area contributed by atoms with Gasteiger partial charge in [0.25, 0.3) is 0 Å². The molecule has 0 radical (unpaired) electrons. The molecular formula is C10H10Cl2O2S. The third-order valence-corrected chi connectivity index (χ3v) is 3.14. The molecule has 0 unspecified atom stereocenters. The topological polar surface area (TPSA) is 26.3 Å². The van der Waals surface area contributed by atoms with E-state index in [1.807, 2.05) is 0 Å². The molecule has 0 aliphatic heterocycles. The molecule has 1 aromatic rings. The molecule has 5 heteroatoms. The van der Waals surface area contributed by atoms with E-state index in [4.69, 9.17) is 27.9 Å². The van der Waals surface area contributed by atoms with E-state index in [0.29, 0.717) is 20.8 Å². The van der Waals surface area contributed by atoms with Gasteiger partial charge in [0.1, 0.15) is 10.9 Å². The van der Waals surface area contributed by atoms with Gasteiger partial charge in [0, 0.05) is 0 Å². The highest BCUT2D eigenvalue weighted by Crippen LogP contribution is 2.31. The highest BCUT2D eigenvalue weighted by molar-refractivity contribution is 7.20. The number of rotatable bonds is 6. The van der Waals surface area contributed by atoms with Gasteiger partial charge in [-0.2, -0.15) is 0 Å². The Morgan fingerprint density at radius 2 is 2.33 bits per heavy atom. The van der Waals surface area contributed by atoms with Crippen LogP contribution in [0.15, 0.2) is 18.7 Å². The molecule has 0 spiro atoms. The van der Waals surface area contributed by atoms with Crippen molar-refractivity contribution in [3.05, 3.63) is 33.0 Å². The molecule has 0 aliphatic rings. The third kappa shape index (κ3) is 3.95. The molecule has 0 N–H and O–H groups in total. The molecular weight excluding hydrogens is 255 g/mol. The quantitative estimate of drug-likeness (QED) is 0.444. The minimum atomic E-state index is -0.146. The first-order valence-corrected chi connectivity index (χ1v) is 5.89. The molecule has 1 heterocycles. The van der Waals surface area contributed by atoms with E-state index in [2.05, 4.69) is 6.58 Å². The number of hydrogen-bond acceptors (Lipinski definition) is 3. The molecule has 15 heavy (non-hydrogen) atoms. The maximum Gasteiger partial charge on any atom is 0.190 e. The highest BCUT2D eigenvalue weighted by atomic mass is 35.5. The summed E-state index contributed by atoms with van der Waals surface area (Å²) in [5.41, 5.74) is 0.435. The third-order valence-electron chi connectivity index (χ3n) is 1.66. The van der Waals surface area contributed by atoms with E-state index < -0.39 is 0 Å². The number of carbonyl (C=O) groups excluding carboxylic acids is 1. The summed E-state index contributed by atoms with van der Waals surface area (Å²) < 4.78 is 6.06. The van der Waals surface area contributed by atoms with Gasteiger partial charge in [0.05, 0.1) is 16.5 Å². The summed E-state index contributed by atoms with van der Waals surface area (Å²) in [6.07, 6.45) is 2.46. The van der Waals surface area contributed by atoms with Gasteiger partial charge in [0.15, 0.2) is 5.78 Å². The van der Waals surface area contributed by atoms with Crippen molar-refractivity contribution >= 4 is 40.3 Å². The van der Waals surface area contributed by atoms with Gasteiger partial charge in [-0.3, -0.25) is 4.79 Å². The van der Waals surface area contributed by atoms with Crippen LogP contribution in [-0.4, -0.2) is 19.0 Å². The Balaban J connectivity index is 2.46. The fourth-order valence-electron chi connectivity index (χ4n) is 0.940. The minimum absolute atomic E-state index is 0.0284. The first-order valence-electron chi connectivity index (χ1n) is 4.32. The van der Waals surface area contributed by atoms with Gasteiger partial charge in [-0.15, -0.1) is 17.9 Å². The lowest BCUT2D eigenvalue weighted by atomic mass is 10.2. The van der Waals surface area contributed by atoms with E-state index in [1.165, 1.54) is 11.3 Å². The zero-order valence-electron chi connectivity index (χ0n) is 7.96. The van der Waals surface area contributed by atoms with Crippen LogP contribution in [0.3, 0.4) is 0 Å². The minimum Gasteiger partial charge on any atom is -0.373 e. The molecule has 0 saturated heterocycles. The standard InChI is InChI=1S/C10H10Cl2O2S/c1-2-3-4-14-6-8(13)7-5-9(11)15-10(7)12/h2,5H,1,3-4,6H2. The second-order valence-electron chi connectivity index (χ2n) is 2.79. The molecule has 0 aromatic carbocycles. The smallest absolute Gasteiger partial charge is 0.190 e. The summed E-state index contributed by atoms with van der Waals surface area (Å²) in [6, 6.07) is 1.56. The average molecular weight is 265 g/mol. The molecule has 0 amide bonds. The van der Waals surface area contributed by atoms with Crippen LogP contribution in [0.4, 0.5) is 0 Å². The Morgan fingerprint density at radius 1 is 1.60 bits per heavy atom. The lowest BCUT2D eigenvalue weighted by Crippen LogP contribution is -2.09. The van der Waals surface area contributed by atoms with E-state index in [0.717, 1.165) is 6.42 Å². The van der Waals surface area contributed by atoms with Crippen molar-refractivity contribution in [2.45, 2.75) is 6.42 Å². The normalized spacial score (nSPS) is 10.3. The summed E-state index contributed by atoms with van der Waals surface area (Å²) in [4.78, 5) is 11.6. The maximum atomic E-state index is 11.6. The fourth-order valence-corrected chi connectivity index (χ4v) is 2.44. The van der Waals surface area contributed by atoms with Gasteiger partial charge in [-0.1, -0.05) is 29.3 Å². The predicted octanol–water partition coefficient (Wildman–Crippen LogP) is 3.83. The molecule has 0 aliphatic carbocycles. The van der Waals surface area contributed by atoms with Crippen molar-refractivity contribution in [1.82, 2.24) is 0 Å². The summed E-state index contributed by atoms with van der Waals surface area (Å²) in [7, 11) is 0. The lowest BCUT2D eigenvalue weighted by molar-refractivity contribution is 0.0769. The van der Waals surface area contributed by atoms with Crippen molar-refractivity contribution in [2.75, 3.05) is 13.2 Å². The van der Waals surface area contributed by atoms with Gasteiger partial charge >= 0.3 is 0 Å². The Kier molecular flexibility index (Phi) is 5.32. The van der Waals surface area contributed by atoms with Crippen molar-refractivity contribution in [1.29, 1.82) is 0 Å². The Hall–Kier alpha value is -0.350. The largest absolute Gasteiger partial charge is 0.373 e. The van der Waals surface area contributed by atoms with Crippen LogP contribution in [0.25, 0.3) is 0 Å². The van der Waals surface area contributed by atoms with Crippen LogP contribution < -0.4 is 0 Å². The number of hydrogen-bond donors (Lipinski definition) is 0. The number of Topliss-reactive ketones (excluding diaryl/α,β-unsaturated/α-hetero) is 1. The number of halogens is 2. The monoisotopic (exact) mass is 264 g/mol. The second kappa shape index (κ2) is 6.28. The van der Waals surface area contributed by atoms with Crippen molar-refractivity contribution < 1.29 is 9.53 Å². The molecule has 1 rings (SSSR count). The van der Waals surface area contributed by atoms with Crippen LogP contribution in [0, 0.1) is 0 Å². The fraction of sp³-hybridized carbons (Fsp3) is 0.300. The average Bonchev–Trinajstić information content (AvgIpc) is 2.52. The van der Waals surface area contributed by atoms with E-state index in [9.17, 15) is 4.79 Å². The van der Waals surface area contributed by atoms with Gasteiger partial charge in [0.2, 0.25) is 0 Å². The zero-order chi connectivity index (χ0) is 11.3. The molecule has 82 valence electrons. The maximum absolute atomic E-state index is 11.6. The lowest BCUT2D eigenvalue weighted by Gasteiger charge is -2.00. The van der Waals surface area contributed by atoms with Crippen LogP contribution in [0.5, 0.6) is 0 Å². The molecule has 0 fully saturated rings. The van der Waals surface area contributed by atoms with E-state index in [1.54, 1.807) is 12.1 Å². The Bertz CT molecular complexity index is 360. The molecule has 0 atom stereocenters. The van der Waals surface area contributed by atoms with Gasteiger partial charge in [-0.05, 0) is 12.5 Å². The van der Waals surface area contributed by atoms with Crippen molar-refractivity contribution in [2.24, 2.45) is 0 Å². The number of carbonyl (C=O) groups is 1. The summed E-state index contributed by atoms with van der Waals surface area (Å²) in [5, 5.41) is 0. The Labute approximate surface area is 102 Å². The summed E-state index contributed by atoms with van der Waals surface area (Å²) >= 11 is 12.7. The first kappa shape index (κ1) is 12.7. The summed E-state index contributed by atoms with van der Waals surface area (Å²) in [6.45, 7) is 4.07. The molecule has 2 nitrogen and oxygen atoms in total. The molecule has 0 bridgehead atoms. The van der Waals surface area contributed by atoms with Crippen molar-refractivity contribution in [3.8, 4) is 0 Å². The number of ketones is 1. The van der Waals surface area contributed by atoms with E-state index in [-0.39, 0.29) is 12.4 Å². The van der Waals surface area contributed by atoms with Crippen LogP contribution >= 0.6 is 34.5 Å². The van der Waals surface area contributed by atoms with Crippen LogP contribution in [0.2, 0.25) is 8.67 Å². The first-order chi connectivity index (χ1) is 7.15.